The Labute approximate surface area is 62.5 Å². The molecule has 1 aliphatic carbocycles. The van der Waals surface area contributed by atoms with Crippen LogP contribution in [-0.2, 0) is 9.63 Å². The highest BCUT2D eigenvalue weighted by molar-refractivity contribution is 5.77. The van der Waals surface area contributed by atoms with E-state index in [4.69, 9.17) is 15.5 Å². The third kappa shape index (κ3) is 1.87. The van der Waals surface area contributed by atoms with E-state index in [-0.39, 0.29) is 6.61 Å². The van der Waals surface area contributed by atoms with Gasteiger partial charge in [0.15, 0.2) is 0 Å². The predicted molar refractivity (Wildman–Crippen MR) is 30.7 cm³/mol. The van der Waals surface area contributed by atoms with E-state index >= 15 is 0 Å². The van der Waals surface area contributed by atoms with Crippen molar-refractivity contribution in [1.82, 2.24) is 5.39 Å². The van der Waals surface area contributed by atoms with Gasteiger partial charge in [0.05, 0.1) is 17.4 Å². The van der Waals surface area contributed by atoms with Gasteiger partial charge in [0.25, 0.3) is 0 Å². The van der Waals surface area contributed by atoms with Gasteiger partial charge in [-0.3, -0.25) is 15.2 Å². The van der Waals surface area contributed by atoms with E-state index in [0.717, 1.165) is 0 Å². The van der Waals surface area contributed by atoms with Crippen molar-refractivity contribution in [3.05, 3.63) is 0 Å². The molecule has 1 aliphatic rings. The fourth-order valence-electron chi connectivity index (χ4n) is 0.752. The number of carboxylic acids is 1. The SMILES string of the molecule is O=C(O)C1(CON(O)O)CC1. The molecule has 6 heteroatoms. The Hall–Kier alpha value is -0.690. The minimum Gasteiger partial charge on any atom is -0.481 e. The van der Waals surface area contributed by atoms with Crippen molar-refractivity contribution in [2.75, 3.05) is 6.61 Å². The van der Waals surface area contributed by atoms with Crippen molar-refractivity contribution in [3.8, 4) is 0 Å². The van der Waals surface area contributed by atoms with Crippen LogP contribution in [-0.4, -0.2) is 33.5 Å². The van der Waals surface area contributed by atoms with Crippen LogP contribution in [0.1, 0.15) is 12.8 Å². The molecule has 1 saturated carbocycles. The van der Waals surface area contributed by atoms with Gasteiger partial charge >= 0.3 is 5.97 Å². The van der Waals surface area contributed by atoms with Crippen LogP contribution in [0.4, 0.5) is 0 Å². The molecule has 6 nitrogen and oxygen atoms in total. The molecule has 0 aromatic heterocycles. The molecule has 0 atom stereocenters. The van der Waals surface area contributed by atoms with Crippen LogP contribution in [0.5, 0.6) is 0 Å². The van der Waals surface area contributed by atoms with Crippen LogP contribution in [0, 0.1) is 5.41 Å². The number of rotatable bonds is 4. The maximum atomic E-state index is 10.4. The normalized spacial score (nSPS) is 20.3. The lowest BCUT2D eigenvalue weighted by Crippen LogP contribution is -2.26. The molecule has 0 bridgehead atoms. The molecule has 0 unspecified atom stereocenters. The summed E-state index contributed by atoms with van der Waals surface area (Å²) in [6.07, 6.45) is 1.05. The predicted octanol–water partition coefficient (Wildman–Crippen LogP) is -0.137. The van der Waals surface area contributed by atoms with Crippen LogP contribution in [0.3, 0.4) is 0 Å². The molecule has 0 amide bonds. The third-order valence-corrected chi connectivity index (χ3v) is 1.76. The molecule has 0 radical (unpaired) electrons. The lowest BCUT2D eigenvalue weighted by molar-refractivity contribution is -0.494. The summed E-state index contributed by atoms with van der Waals surface area (Å²) in [5, 5.41) is 24.3. The minimum atomic E-state index is -0.959. The highest BCUT2D eigenvalue weighted by Crippen LogP contribution is 2.45. The maximum absolute atomic E-state index is 10.4. The zero-order valence-electron chi connectivity index (χ0n) is 5.73. The van der Waals surface area contributed by atoms with Crippen molar-refractivity contribution in [1.29, 1.82) is 0 Å². The van der Waals surface area contributed by atoms with E-state index in [9.17, 15) is 4.79 Å². The largest absolute Gasteiger partial charge is 0.481 e. The first-order chi connectivity index (χ1) is 5.07. The number of nitrogens with zero attached hydrogens (tertiary/aromatic N) is 1. The topological polar surface area (TPSA) is 90.2 Å². The average molecular weight is 163 g/mol. The first-order valence-electron chi connectivity index (χ1n) is 3.11. The van der Waals surface area contributed by atoms with E-state index in [1.165, 1.54) is 0 Å². The molecule has 0 aliphatic heterocycles. The molecule has 0 aromatic rings. The second-order valence-electron chi connectivity index (χ2n) is 2.61. The highest BCUT2D eigenvalue weighted by Gasteiger charge is 2.51. The quantitative estimate of drug-likeness (QED) is 0.500. The molecular weight excluding hydrogens is 154 g/mol. The van der Waals surface area contributed by atoms with Gasteiger partial charge < -0.3 is 5.11 Å². The van der Waals surface area contributed by atoms with Crippen LogP contribution < -0.4 is 0 Å². The molecule has 0 aromatic carbocycles. The monoisotopic (exact) mass is 163 g/mol. The molecule has 0 spiro atoms. The van der Waals surface area contributed by atoms with Gasteiger partial charge in [-0.25, -0.2) is 4.84 Å². The molecule has 1 fully saturated rings. The first-order valence-corrected chi connectivity index (χ1v) is 3.11. The van der Waals surface area contributed by atoms with E-state index in [1.807, 2.05) is 0 Å². The highest BCUT2D eigenvalue weighted by atomic mass is 17.1. The fourth-order valence-corrected chi connectivity index (χ4v) is 0.752. The smallest absolute Gasteiger partial charge is 0.312 e. The van der Waals surface area contributed by atoms with Gasteiger partial charge in [0.1, 0.15) is 0 Å². The lowest BCUT2D eigenvalue weighted by atomic mass is 10.1. The first kappa shape index (κ1) is 8.41. The Morgan fingerprint density at radius 3 is 2.36 bits per heavy atom. The summed E-state index contributed by atoms with van der Waals surface area (Å²) in [5.74, 6) is -0.959. The van der Waals surface area contributed by atoms with Gasteiger partial charge in [-0.05, 0) is 12.8 Å². The number of carboxylic acid groups (broad SMARTS) is 1. The minimum absolute atomic E-state index is 0.199. The number of hydrogen-bond donors (Lipinski definition) is 3. The average Bonchev–Trinajstić information content (AvgIpc) is 2.63. The molecule has 0 saturated heterocycles. The van der Waals surface area contributed by atoms with Gasteiger partial charge in [-0.15, -0.1) is 0 Å². The second kappa shape index (κ2) is 2.74. The standard InChI is InChI=1S/C5H9NO5/c7-4(8)5(1-2-5)3-11-6(9)10/h9-10H,1-3H2,(H,7,8). The summed E-state index contributed by atoms with van der Waals surface area (Å²) in [6.45, 7) is -0.199. The van der Waals surface area contributed by atoms with Crippen molar-refractivity contribution < 1.29 is 25.2 Å². The van der Waals surface area contributed by atoms with Crippen molar-refractivity contribution in [3.63, 3.8) is 0 Å². The summed E-state index contributed by atoms with van der Waals surface area (Å²) in [5.41, 5.74) is -0.885. The van der Waals surface area contributed by atoms with Gasteiger partial charge in [-0.2, -0.15) is 0 Å². The summed E-state index contributed by atoms with van der Waals surface area (Å²) in [6, 6.07) is 0. The number of hydrogen-bond acceptors (Lipinski definition) is 5. The zero-order chi connectivity index (χ0) is 8.48. The Morgan fingerprint density at radius 1 is 1.55 bits per heavy atom. The second-order valence-corrected chi connectivity index (χ2v) is 2.61. The zero-order valence-corrected chi connectivity index (χ0v) is 5.73. The Balaban J connectivity index is 2.31. The third-order valence-electron chi connectivity index (χ3n) is 1.76. The van der Waals surface area contributed by atoms with Gasteiger partial charge in [-0.1, -0.05) is 0 Å². The Morgan fingerprint density at radius 2 is 2.09 bits per heavy atom. The van der Waals surface area contributed by atoms with Crippen LogP contribution in [0.25, 0.3) is 0 Å². The molecular formula is C5H9NO5. The van der Waals surface area contributed by atoms with Crippen molar-refractivity contribution >= 4 is 5.97 Å². The van der Waals surface area contributed by atoms with Crippen LogP contribution >= 0.6 is 0 Å². The summed E-state index contributed by atoms with van der Waals surface area (Å²) < 4.78 is 0. The summed E-state index contributed by atoms with van der Waals surface area (Å²) >= 11 is 0. The molecule has 3 N–H and O–H groups in total. The van der Waals surface area contributed by atoms with Crippen LogP contribution in [0.2, 0.25) is 0 Å². The van der Waals surface area contributed by atoms with E-state index in [2.05, 4.69) is 4.84 Å². The van der Waals surface area contributed by atoms with E-state index in [0.29, 0.717) is 12.8 Å². The lowest BCUT2D eigenvalue weighted by Gasteiger charge is -2.10. The van der Waals surface area contributed by atoms with Gasteiger partial charge in [0, 0.05) is 0 Å². The Bertz CT molecular complexity index is 164. The fraction of sp³-hybridized carbons (Fsp3) is 0.800. The Kier molecular flexibility index (Phi) is 2.10. The maximum Gasteiger partial charge on any atom is 0.312 e. The number of aliphatic carboxylic acids is 1. The number of carbonyl (C=O) groups is 1. The van der Waals surface area contributed by atoms with Gasteiger partial charge in [0.2, 0.25) is 0 Å². The molecule has 1 rings (SSSR count). The molecule has 0 heterocycles. The van der Waals surface area contributed by atoms with Crippen molar-refractivity contribution in [2.45, 2.75) is 12.8 Å². The molecule has 11 heavy (non-hydrogen) atoms. The van der Waals surface area contributed by atoms with E-state index < -0.39 is 16.8 Å². The van der Waals surface area contributed by atoms with E-state index in [1.54, 1.807) is 0 Å². The molecule has 64 valence electrons. The summed E-state index contributed by atoms with van der Waals surface area (Å²) in [4.78, 5) is 14.6. The van der Waals surface area contributed by atoms with Crippen LogP contribution in [0.15, 0.2) is 0 Å². The summed E-state index contributed by atoms with van der Waals surface area (Å²) in [7, 11) is 0. The van der Waals surface area contributed by atoms with Crippen molar-refractivity contribution in [2.24, 2.45) is 5.41 Å².